The number of rotatable bonds is 3. The fourth-order valence-corrected chi connectivity index (χ4v) is 3.06. The zero-order valence-electron chi connectivity index (χ0n) is 13.5. The summed E-state index contributed by atoms with van der Waals surface area (Å²) in [4.78, 5) is 26.2. The Labute approximate surface area is 147 Å². The predicted molar refractivity (Wildman–Crippen MR) is 88.0 cm³/mol. The average molecular weight is 360 g/mol. The lowest BCUT2D eigenvalue weighted by Gasteiger charge is -2.17. The fourth-order valence-electron chi connectivity index (χ4n) is 3.06. The molecule has 1 N–H and O–H groups in total. The van der Waals surface area contributed by atoms with Gasteiger partial charge in [-0.25, -0.2) is 8.78 Å². The van der Waals surface area contributed by atoms with Crippen LogP contribution in [0.5, 0.6) is 11.5 Å². The Hall–Kier alpha value is -3.16. The number of fused-ring (bicyclic) bond motifs is 1. The van der Waals surface area contributed by atoms with Crippen molar-refractivity contribution in [3.05, 3.63) is 48.0 Å². The highest BCUT2D eigenvalue weighted by Gasteiger charge is 2.35. The Morgan fingerprint density at radius 3 is 2.58 bits per heavy atom. The third-order valence-corrected chi connectivity index (χ3v) is 4.29. The van der Waals surface area contributed by atoms with E-state index in [2.05, 4.69) is 5.32 Å². The summed E-state index contributed by atoms with van der Waals surface area (Å²) in [6, 6.07) is 7.86. The van der Waals surface area contributed by atoms with Crippen LogP contribution < -0.4 is 19.7 Å². The van der Waals surface area contributed by atoms with Gasteiger partial charge < -0.3 is 19.7 Å². The molecule has 0 radical (unpaired) electrons. The van der Waals surface area contributed by atoms with Gasteiger partial charge in [0.2, 0.25) is 18.6 Å². The van der Waals surface area contributed by atoms with Crippen LogP contribution in [-0.4, -0.2) is 25.2 Å². The zero-order valence-corrected chi connectivity index (χ0v) is 13.5. The molecule has 0 spiro atoms. The van der Waals surface area contributed by atoms with Crippen molar-refractivity contribution in [2.45, 2.75) is 6.42 Å². The highest BCUT2D eigenvalue weighted by Crippen LogP contribution is 2.37. The van der Waals surface area contributed by atoms with Gasteiger partial charge in [0.25, 0.3) is 0 Å². The van der Waals surface area contributed by atoms with Gasteiger partial charge in [-0.3, -0.25) is 9.59 Å². The summed E-state index contributed by atoms with van der Waals surface area (Å²) < 4.78 is 37.0. The molecule has 1 atom stereocenters. The SMILES string of the molecule is O=C(Nc1cc(F)cc(F)c1)C1CC(=O)N(c2ccc3c(c2)OCO3)C1. The van der Waals surface area contributed by atoms with E-state index < -0.39 is 23.5 Å². The van der Waals surface area contributed by atoms with E-state index in [0.717, 1.165) is 18.2 Å². The number of anilines is 2. The van der Waals surface area contributed by atoms with E-state index in [1.54, 1.807) is 18.2 Å². The zero-order chi connectivity index (χ0) is 18.3. The Morgan fingerprint density at radius 2 is 1.81 bits per heavy atom. The van der Waals surface area contributed by atoms with E-state index in [1.807, 2.05) is 0 Å². The molecule has 0 aromatic heterocycles. The van der Waals surface area contributed by atoms with Gasteiger partial charge in [0.05, 0.1) is 5.92 Å². The lowest BCUT2D eigenvalue weighted by atomic mass is 10.1. The number of amides is 2. The summed E-state index contributed by atoms with van der Waals surface area (Å²) in [5.41, 5.74) is 0.618. The molecular weight excluding hydrogens is 346 g/mol. The van der Waals surface area contributed by atoms with E-state index in [1.165, 1.54) is 4.90 Å². The third kappa shape index (κ3) is 3.05. The first-order valence-electron chi connectivity index (χ1n) is 7.96. The fraction of sp³-hybridized carbons (Fsp3) is 0.222. The monoisotopic (exact) mass is 360 g/mol. The van der Waals surface area contributed by atoms with Gasteiger partial charge in [0, 0.05) is 36.5 Å². The van der Waals surface area contributed by atoms with Crippen molar-refractivity contribution in [3.8, 4) is 11.5 Å². The van der Waals surface area contributed by atoms with Crippen molar-refractivity contribution in [2.24, 2.45) is 5.92 Å². The molecule has 2 aliphatic rings. The second kappa shape index (κ2) is 6.29. The number of nitrogens with zero attached hydrogens (tertiary/aromatic N) is 1. The molecule has 2 aromatic carbocycles. The number of benzene rings is 2. The maximum absolute atomic E-state index is 13.2. The van der Waals surface area contributed by atoms with Gasteiger partial charge in [-0.15, -0.1) is 0 Å². The number of hydrogen-bond acceptors (Lipinski definition) is 4. The molecule has 26 heavy (non-hydrogen) atoms. The molecule has 1 fully saturated rings. The van der Waals surface area contributed by atoms with E-state index in [0.29, 0.717) is 17.2 Å². The molecule has 2 heterocycles. The Balaban J connectivity index is 1.48. The van der Waals surface area contributed by atoms with Crippen molar-refractivity contribution < 1.29 is 27.8 Å². The van der Waals surface area contributed by atoms with Crippen molar-refractivity contribution >= 4 is 23.2 Å². The van der Waals surface area contributed by atoms with Crippen molar-refractivity contribution in [2.75, 3.05) is 23.6 Å². The van der Waals surface area contributed by atoms with Crippen LogP contribution in [0, 0.1) is 17.6 Å². The van der Waals surface area contributed by atoms with Gasteiger partial charge >= 0.3 is 0 Å². The maximum atomic E-state index is 13.2. The summed E-state index contributed by atoms with van der Waals surface area (Å²) in [6.07, 6.45) is 0.0120. The van der Waals surface area contributed by atoms with Crippen LogP contribution in [0.3, 0.4) is 0 Å². The Kier molecular flexibility index (Phi) is 3.95. The quantitative estimate of drug-likeness (QED) is 0.914. The first-order chi connectivity index (χ1) is 12.5. The highest BCUT2D eigenvalue weighted by atomic mass is 19.1. The van der Waals surface area contributed by atoms with E-state index in [-0.39, 0.29) is 31.4 Å². The van der Waals surface area contributed by atoms with Gasteiger partial charge in [-0.2, -0.15) is 0 Å². The second-order valence-corrected chi connectivity index (χ2v) is 6.09. The number of hydrogen-bond donors (Lipinski definition) is 1. The molecular formula is C18H14F2N2O4. The minimum absolute atomic E-state index is 0.0120. The van der Waals surface area contributed by atoms with Gasteiger partial charge in [0.15, 0.2) is 11.5 Å². The van der Waals surface area contributed by atoms with Gasteiger partial charge in [0.1, 0.15) is 11.6 Å². The molecule has 0 aliphatic carbocycles. The molecule has 6 nitrogen and oxygen atoms in total. The molecule has 1 unspecified atom stereocenters. The first-order valence-corrected chi connectivity index (χ1v) is 7.96. The Bertz CT molecular complexity index is 883. The van der Waals surface area contributed by atoms with E-state index >= 15 is 0 Å². The molecule has 2 aliphatic heterocycles. The molecule has 1 saturated heterocycles. The van der Waals surface area contributed by atoms with Crippen LogP contribution in [0.25, 0.3) is 0 Å². The number of halogens is 2. The van der Waals surface area contributed by atoms with Crippen LogP contribution in [0.2, 0.25) is 0 Å². The number of ether oxygens (including phenoxy) is 2. The summed E-state index contributed by atoms with van der Waals surface area (Å²) in [6.45, 7) is 0.296. The van der Waals surface area contributed by atoms with Crippen LogP contribution in [0.15, 0.2) is 36.4 Å². The normalized spacial score (nSPS) is 18.3. The molecule has 2 aromatic rings. The second-order valence-electron chi connectivity index (χ2n) is 6.09. The topological polar surface area (TPSA) is 67.9 Å². The smallest absolute Gasteiger partial charge is 0.231 e. The molecule has 4 rings (SSSR count). The summed E-state index contributed by atoms with van der Waals surface area (Å²) in [7, 11) is 0. The summed E-state index contributed by atoms with van der Waals surface area (Å²) in [5, 5.41) is 2.46. The first kappa shape index (κ1) is 16.3. The molecule has 134 valence electrons. The van der Waals surface area contributed by atoms with Crippen LogP contribution in [-0.2, 0) is 9.59 Å². The molecule has 8 heteroatoms. The number of nitrogens with one attached hydrogen (secondary N) is 1. The van der Waals surface area contributed by atoms with Crippen molar-refractivity contribution in [3.63, 3.8) is 0 Å². The largest absolute Gasteiger partial charge is 0.454 e. The third-order valence-electron chi connectivity index (χ3n) is 4.29. The lowest BCUT2D eigenvalue weighted by Crippen LogP contribution is -2.28. The molecule has 0 bridgehead atoms. The van der Waals surface area contributed by atoms with Crippen LogP contribution in [0.1, 0.15) is 6.42 Å². The van der Waals surface area contributed by atoms with E-state index in [4.69, 9.17) is 9.47 Å². The number of carbonyl (C=O) groups is 2. The maximum Gasteiger partial charge on any atom is 0.231 e. The van der Waals surface area contributed by atoms with Crippen molar-refractivity contribution in [1.29, 1.82) is 0 Å². The standard InChI is InChI=1S/C18H14F2N2O4/c19-11-4-12(20)6-13(5-11)21-18(24)10-3-17(23)22(8-10)14-1-2-15-16(7-14)26-9-25-15/h1-2,4-7,10H,3,8-9H2,(H,21,24). The Morgan fingerprint density at radius 1 is 1.08 bits per heavy atom. The lowest BCUT2D eigenvalue weighted by molar-refractivity contribution is -0.122. The summed E-state index contributed by atoms with van der Waals surface area (Å²) >= 11 is 0. The molecule has 2 amide bonds. The van der Waals surface area contributed by atoms with Gasteiger partial charge in [-0.1, -0.05) is 0 Å². The predicted octanol–water partition coefficient (Wildman–Crippen LogP) is 2.69. The highest BCUT2D eigenvalue weighted by molar-refractivity contribution is 6.03. The molecule has 0 saturated carbocycles. The van der Waals surface area contributed by atoms with Crippen molar-refractivity contribution in [1.82, 2.24) is 0 Å². The minimum Gasteiger partial charge on any atom is -0.454 e. The average Bonchev–Trinajstić information content (AvgIpc) is 3.19. The van der Waals surface area contributed by atoms with Gasteiger partial charge in [-0.05, 0) is 24.3 Å². The van der Waals surface area contributed by atoms with Crippen LogP contribution in [0.4, 0.5) is 20.2 Å². The van der Waals surface area contributed by atoms with Crippen LogP contribution >= 0.6 is 0 Å². The van der Waals surface area contributed by atoms with E-state index in [9.17, 15) is 18.4 Å². The number of carbonyl (C=O) groups excluding carboxylic acids is 2. The summed E-state index contributed by atoms with van der Waals surface area (Å²) in [5.74, 6) is -1.74. The minimum atomic E-state index is -0.787.